The summed E-state index contributed by atoms with van der Waals surface area (Å²) in [5.41, 5.74) is 0.680. The van der Waals surface area contributed by atoms with E-state index >= 15 is 0 Å². The highest BCUT2D eigenvalue weighted by Crippen LogP contribution is 2.28. The van der Waals surface area contributed by atoms with Gasteiger partial charge in [0.15, 0.2) is 0 Å². The Morgan fingerprint density at radius 3 is 2.55 bits per heavy atom. The Labute approximate surface area is 131 Å². The molecule has 6 nitrogen and oxygen atoms in total. The van der Waals surface area contributed by atoms with Crippen LogP contribution >= 0.6 is 0 Å². The third kappa shape index (κ3) is 3.98. The maximum Gasteiger partial charge on any atom is 0.241 e. The average Bonchev–Trinajstić information content (AvgIpc) is 2.52. The first-order chi connectivity index (χ1) is 10.4. The maximum atomic E-state index is 12.2. The van der Waals surface area contributed by atoms with Crippen molar-refractivity contribution in [3.05, 3.63) is 23.8 Å². The van der Waals surface area contributed by atoms with Crippen molar-refractivity contribution in [1.29, 1.82) is 0 Å². The summed E-state index contributed by atoms with van der Waals surface area (Å²) in [6, 6.07) is 4.78. The first kappa shape index (κ1) is 16.8. The first-order valence-corrected chi connectivity index (χ1v) is 8.94. The Bertz CT molecular complexity index is 637. The molecule has 2 N–H and O–H groups in total. The van der Waals surface area contributed by atoms with E-state index in [9.17, 15) is 13.2 Å². The second-order valence-electron chi connectivity index (χ2n) is 5.43. The summed E-state index contributed by atoms with van der Waals surface area (Å²) in [6.07, 6.45) is 4.05. The lowest BCUT2D eigenvalue weighted by Gasteiger charge is -2.26. The molecule has 122 valence electrons. The van der Waals surface area contributed by atoms with E-state index in [1.54, 1.807) is 12.1 Å². The normalized spacial score (nSPS) is 15.6. The quantitative estimate of drug-likeness (QED) is 0.883. The van der Waals surface area contributed by atoms with Crippen LogP contribution in [0.2, 0.25) is 0 Å². The molecule has 1 aliphatic heterocycles. The van der Waals surface area contributed by atoms with E-state index in [1.165, 1.54) is 19.6 Å². The van der Waals surface area contributed by atoms with Crippen LogP contribution in [-0.4, -0.2) is 39.4 Å². The number of aryl methyl sites for hydroxylation is 1. The lowest BCUT2D eigenvalue weighted by atomic mass is 10.1. The molecular weight excluding hydrogens is 304 g/mol. The summed E-state index contributed by atoms with van der Waals surface area (Å²) in [6.45, 7) is 1.63. The Balaban J connectivity index is 2.11. The molecule has 0 unspecified atom stereocenters. The molecule has 0 saturated carbocycles. The lowest BCUT2D eigenvalue weighted by molar-refractivity contribution is -0.132. The Morgan fingerprint density at radius 2 is 1.95 bits per heavy atom. The molecule has 1 aromatic rings. The van der Waals surface area contributed by atoms with E-state index in [4.69, 9.17) is 9.88 Å². The fraction of sp³-hybridized carbons (Fsp3) is 0.533. The molecule has 2 rings (SSSR count). The molecule has 7 heteroatoms. The van der Waals surface area contributed by atoms with Gasteiger partial charge in [-0.2, -0.15) is 0 Å². The van der Waals surface area contributed by atoms with Gasteiger partial charge in [0.1, 0.15) is 10.6 Å². The molecule has 1 amide bonds. The fourth-order valence-electron chi connectivity index (χ4n) is 2.76. The number of hydrogen-bond acceptors (Lipinski definition) is 4. The molecule has 1 saturated heterocycles. The number of hydrogen-bond donors (Lipinski definition) is 1. The molecule has 0 aliphatic carbocycles. The average molecular weight is 326 g/mol. The molecule has 0 radical (unpaired) electrons. The van der Waals surface area contributed by atoms with Crippen LogP contribution in [0, 0.1) is 0 Å². The van der Waals surface area contributed by atoms with Gasteiger partial charge in [-0.05, 0) is 37.3 Å². The zero-order valence-electron chi connectivity index (χ0n) is 12.7. The highest BCUT2D eigenvalue weighted by atomic mass is 32.2. The number of primary sulfonamides is 1. The highest BCUT2D eigenvalue weighted by molar-refractivity contribution is 7.89. The molecule has 0 aromatic heterocycles. The van der Waals surface area contributed by atoms with Crippen LogP contribution in [0.1, 0.15) is 31.2 Å². The topological polar surface area (TPSA) is 89.7 Å². The minimum atomic E-state index is -3.85. The number of amides is 1. The van der Waals surface area contributed by atoms with E-state index in [0.29, 0.717) is 18.4 Å². The summed E-state index contributed by atoms with van der Waals surface area (Å²) in [7, 11) is -2.44. The Hall–Kier alpha value is -1.60. The summed E-state index contributed by atoms with van der Waals surface area (Å²) in [4.78, 5) is 14.0. The first-order valence-electron chi connectivity index (χ1n) is 7.40. The number of nitrogens with zero attached hydrogens (tertiary/aromatic N) is 1. The third-order valence-electron chi connectivity index (χ3n) is 3.89. The number of carbonyl (C=O) groups is 1. The highest BCUT2D eigenvalue weighted by Gasteiger charge is 2.20. The number of nitrogens with two attached hydrogens (primary N) is 1. The van der Waals surface area contributed by atoms with Crippen molar-refractivity contribution in [3.8, 4) is 5.75 Å². The number of ether oxygens (including phenoxy) is 1. The number of carbonyl (C=O) groups excluding carboxylic acids is 1. The van der Waals surface area contributed by atoms with Crippen molar-refractivity contribution >= 4 is 15.9 Å². The van der Waals surface area contributed by atoms with Crippen LogP contribution in [0.4, 0.5) is 0 Å². The summed E-state index contributed by atoms with van der Waals surface area (Å²) in [5, 5.41) is 5.19. The number of methoxy groups -OCH3 is 1. The van der Waals surface area contributed by atoms with E-state index in [1.807, 2.05) is 4.90 Å². The number of benzene rings is 1. The maximum absolute atomic E-state index is 12.2. The van der Waals surface area contributed by atoms with Gasteiger partial charge in [-0.3, -0.25) is 4.79 Å². The largest absolute Gasteiger partial charge is 0.495 e. The van der Waals surface area contributed by atoms with Gasteiger partial charge in [-0.25, -0.2) is 13.6 Å². The lowest BCUT2D eigenvalue weighted by Crippen LogP contribution is -2.35. The van der Waals surface area contributed by atoms with Crippen molar-refractivity contribution < 1.29 is 17.9 Å². The molecule has 0 spiro atoms. The summed E-state index contributed by atoms with van der Waals surface area (Å²) < 4.78 is 28.3. The standard InChI is InChI=1S/C15H22N2O4S/c1-21-15-12(6-5-7-13(15)22(16,19)20)8-9-14(18)17-10-3-2-4-11-17/h5-7H,2-4,8-11H2,1H3,(H2,16,19,20). The van der Waals surface area contributed by atoms with Gasteiger partial charge < -0.3 is 9.64 Å². The molecule has 1 aromatic carbocycles. The minimum Gasteiger partial charge on any atom is -0.495 e. The monoisotopic (exact) mass is 326 g/mol. The van der Waals surface area contributed by atoms with Crippen molar-refractivity contribution in [1.82, 2.24) is 4.90 Å². The number of para-hydroxylation sites is 1. The van der Waals surface area contributed by atoms with Crippen LogP contribution in [0.15, 0.2) is 23.1 Å². The van der Waals surface area contributed by atoms with E-state index in [2.05, 4.69) is 0 Å². The van der Waals surface area contributed by atoms with E-state index < -0.39 is 10.0 Å². The predicted octanol–water partition coefficient (Wildman–Crippen LogP) is 1.29. The van der Waals surface area contributed by atoms with Gasteiger partial charge in [0.25, 0.3) is 0 Å². The van der Waals surface area contributed by atoms with Crippen LogP contribution in [0.3, 0.4) is 0 Å². The smallest absolute Gasteiger partial charge is 0.241 e. The second-order valence-corrected chi connectivity index (χ2v) is 6.96. The Morgan fingerprint density at radius 1 is 1.27 bits per heavy atom. The van der Waals surface area contributed by atoms with Gasteiger partial charge >= 0.3 is 0 Å². The van der Waals surface area contributed by atoms with Crippen LogP contribution in [0.25, 0.3) is 0 Å². The third-order valence-corrected chi connectivity index (χ3v) is 4.82. The zero-order valence-corrected chi connectivity index (χ0v) is 13.6. The van der Waals surface area contributed by atoms with Crippen molar-refractivity contribution in [2.75, 3.05) is 20.2 Å². The molecule has 1 aliphatic rings. The summed E-state index contributed by atoms with van der Waals surface area (Å²) in [5.74, 6) is 0.333. The SMILES string of the molecule is COc1c(CCC(=O)N2CCCCC2)cccc1S(N)(=O)=O. The number of rotatable bonds is 5. The zero-order chi connectivity index (χ0) is 16.2. The molecule has 0 atom stereocenters. The second kappa shape index (κ2) is 7.11. The molecular formula is C15H22N2O4S. The van der Waals surface area contributed by atoms with Gasteiger partial charge in [0, 0.05) is 19.5 Å². The minimum absolute atomic E-state index is 0.0436. The fourth-order valence-corrected chi connectivity index (χ4v) is 3.50. The van der Waals surface area contributed by atoms with Crippen molar-refractivity contribution in [2.24, 2.45) is 5.14 Å². The van der Waals surface area contributed by atoms with Crippen LogP contribution in [0.5, 0.6) is 5.75 Å². The Kier molecular flexibility index (Phi) is 5.42. The number of likely N-dealkylation sites (tertiary alicyclic amines) is 1. The number of piperidine rings is 1. The molecule has 22 heavy (non-hydrogen) atoms. The van der Waals surface area contributed by atoms with E-state index in [0.717, 1.165) is 25.9 Å². The van der Waals surface area contributed by atoms with E-state index in [-0.39, 0.29) is 16.6 Å². The molecule has 1 heterocycles. The van der Waals surface area contributed by atoms with Gasteiger partial charge in [0.05, 0.1) is 7.11 Å². The predicted molar refractivity (Wildman–Crippen MR) is 83.1 cm³/mol. The molecule has 1 fully saturated rings. The molecule has 0 bridgehead atoms. The van der Waals surface area contributed by atoms with Crippen LogP contribution in [-0.2, 0) is 21.2 Å². The van der Waals surface area contributed by atoms with Crippen molar-refractivity contribution in [3.63, 3.8) is 0 Å². The van der Waals surface area contributed by atoms with Crippen molar-refractivity contribution in [2.45, 2.75) is 37.0 Å². The summed E-state index contributed by atoms with van der Waals surface area (Å²) >= 11 is 0. The van der Waals surface area contributed by atoms with Crippen LogP contribution < -0.4 is 9.88 Å². The van der Waals surface area contributed by atoms with Gasteiger partial charge in [0.2, 0.25) is 15.9 Å². The van der Waals surface area contributed by atoms with Gasteiger partial charge in [-0.15, -0.1) is 0 Å². The van der Waals surface area contributed by atoms with Gasteiger partial charge in [-0.1, -0.05) is 12.1 Å². The number of sulfonamides is 1.